The summed E-state index contributed by atoms with van der Waals surface area (Å²) in [5.74, 6) is 0.600. The molecule has 0 heterocycles. The van der Waals surface area contributed by atoms with E-state index in [-0.39, 0.29) is 6.10 Å². The molecule has 2 atom stereocenters. The number of aliphatic hydroxyl groups is 1. The second-order valence-corrected chi connectivity index (χ2v) is 6.38. The van der Waals surface area contributed by atoms with E-state index in [2.05, 4.69) is 21.2 Å². The average Bonchev–Trinajstić information content (AvgIpc) is 2.32. The van der Waals surface area contributed by atoms with Crippen molar-refractivity contribution < 1.29 is 5.11 Å². The van der Waals surface area contributed by atoms with E-state index < -0.39 is 0 Å². The summed E-state index contributed by atoms with van der Waals surface area (Å²) in [5.41, 5.74) is 1.12. The molecule has 18 heavy (non-hydrogen) atoms. The molecule has 4 heteroatoms. The number of aliphatic hydroxyl groups excluding tert-OH is 1. The molecule has 0 bridgehead atoms. The zero-order chi connectivity index (χ0) is 13.0. The maximum absolute atomic E-state index is 9.62. The van der Waals surface area contributed by atoms with Gasteiger partial charge in [-0.15, -0.1) is 0 Å². The lowest BCUT2D eigenvalue weighted by molar-refractivity contribution is 0.101. The zero-order valence-corrected chi connectivity index (χ0v) is 12.7. The fourth-order valence-electron chi connectivity index (χ4n) is 2.52. The molecule has 0 spiro atoms. The van der Waals surface area contributed by atoms with Crippen molar-refractivity contribution in [2.75, 3.05) is 6.54 Å². The van der Waals surface area contributed by atoms with E-state index in [0.29, 0.717) is 5.92 Å². The van der Waals surface area contributed by atoms with E-state index in [1.165, 1.54) is 6.42 Å². The van der Waals surface area contributed by atoms with Crippen LogP contribution >= 0.6 is 27.5 Å². The van der Waals surface area contributed by atoms with Crippen LogP contribution in [0.2, 0.25) is 5.02 Å². The molecule has 1 aliphatic carbocycles. The Labute approximate surface area is 122 Å². The van der Waals surface area contributed by atoms with Crippen LogP contribution in [0.4, 0.5) is 0 Å². The van der Waals surface area contributed by atoms with Gasteiger partial charge < -0.3 is 10.4 Å². The van der Waals surface area contributed by atoms with Crippen LogP contribution in [-0.2, 0) is 6.54 Å². The van der Waals surface area contributed by atoms with Gasteiger partial charge in [0.15, 0.2) is 0 Å². The molecule has 1 saturated carbocycles. The molecule has 0 aliphatic heterocycles. The Balaban J connectivity index is 1.77. The first kappa shape index (κ1) is 14.3. The minimum atomic E-state index is -0.0955. The van der Waals surface area contributed by atoms with Crippen LogP contribution < -0.4 is 5.32 Å². The van der Waals surface area contributed by atoms with Gasteiger partial charge in [-0.1, -0.05) is 40.0 Å². The van der Waals surface area contributed by atoms with Gasteiger partial charge in [-0.05, 0) is 49.4 Å². The maximum atomic E-state index is 9.62. The van der Waals surface area contributed by atoms with Crippen LogP contribution in [0.5, 0.6) is 0 Å². The van der Waals surface area contributed by atoms with Crippen LogP contribution in [0.15, 0.2) is 22.7 Å². The first-order chi connectivity index (χ1) is 8.65. The molecule has 2 N–H and O–H groups in total. The molecule has 1 aromatic carbocycles. The minimum Gasteiger partial charge on any atom is -0.393 e. The van der Waals surface area contributed by atoms with E-state index in [4.69, 9.17) is 11.6 Å². The van der Waals surface area contributed by atoms with E-state index in [1.807, 2.05) is 18.2 Å². The summed E-state index contributed by atoms with van der Waals surface area (Å²) in [5, 5.41) is 13.9. The molecule has 0 amide bonds. The SMILES string of the molecule is OC1CCCC(CNCc2ccc(Br)cc2Cl)C1. The summed E-state index contributed by atoms with van der Waals surface area (Å²) in [6.45, 7) is 1.75. The molecule has 2 unspecified atom stereocenters. The van der Waals surface area contributed by atoms with E-state index >= 15 is 0 Å². The average molecular weight is 333 g/mol. The summed E-state index contributed by atoms with van der Waals surface area (Å²) in [6.07, 6.45) is 4.17. The Hall–Kier alpha value is -0.0900. The molecule has 1 fully saturated rings. The first-order valence-corrected chi connectivity index (χ1v) is 7.65. The van der Waals surface area contributed by atoms with Crippen molar-refractivity contribution in [1.82, 2.24) is 5.32 Å². The fourth-order valence-corrected chi connectivity index (χ4v) is 3.26. The quantitative estimate of drug-likeness (QED) is 0.880. The standard InChI is InChI=1S/C14H19BrClNO/c15-12-5-4-11(14(16)7-12)9-17-8-10-2-1-3-13(18)6-10/h4-5,7,10,13,17-18H,1-3,6,8-9H2. The topological polar surface area (TPSA) is 32.3 Å². The second-order valence-electron chi connectivity index (χ2n) is 5.05. The van der Waals surface area contributed by atoms with Crippen LogP contribution in [0, 0.1) is 5.92 Å². The van der Waals surface area contributed by atoms with Crippen molar-refractivity contribution in [3.63, 3.8) is 0 Å². The Morgan fingerprint density at radius 3 is 2.94 bits per heavy atom. The number of hydrogen-bond donors (Lipinski definition) is 2. The molecule has 2 nitrogen and oxygen atoms in total. The Morgan fingerprint density at radius 2 is 2.22 bits per heavy atom. The van der Waals surface area contributed by atoms with Crippen molar-refractivity contribution in [1.29, 1.82) is 0 Å². The van der Waals surface area contributed by atoms with Crippen molar-refractivity contribution in [2.24, 2.45) is 5.92 Å². The van der Waals surface area contributed by atoms with Crippen molar-refractivity contribution >= 4 is 27.5 Å². The highest BCUT2D eigenvalue weighted by Crippen LogP contribution is 2.24. The third-order valence-corrected chi connectivity index (χ3v) is 4.36. The first-order valence-electron chi connectivity index (χ1n) is 6.48. The number of benzene rings is 1. The molecule has 0 radical (unpaired) electrons. The highest BCUT2D eigenvalue weighted by atomic mass is 79.9. The largest absolute Gasteiger partial charge is 0.393 e. The summed E-state index contributed by atoms with van der Waals surface area (Å²) in [7, 11) is 0. The summed E-state index contributed by atoms with van der Waals surface area (Å²) >= 11 is 9.57. The molecular weight excluding hydrogens is 314 g/mol. The van der Waals surface area contributed by atoms with Crippen LogP contribution in [0.25, 0.3) is 0 Å². The van der Waals surface area contributed by atoms with Gasteiger partial charge in [0.2, 0.25) is 0 Å². The number of rotatable bonds is 4. The highest BCUT2D eigenvalue weighted by molar-refractivity contribution is 9.10. The molecular formula is C14H19BrClNO. The Kier molecular flexibility index (Phi) is 5.49. The molecule has 2 rings (SSSR count). The van der Waals surface area contributed by atoms with Crippen LogP contribution in [0.3, 0.4) is 0 Å². The van der Waals surface area contributed by atoms with Crippen molar-refractivity contribution in [3.05, 3.63) is 33.3 Å². The van der Waals surface area contributed by atoms with E-state index in [1.54, 1.807) is 0 Å². The smallest absolute Gasteiger partial charge is 0.0543 e. The lowest BCUT2D eigenvalue weighted by Gasteiger charge is -2.26. The lowest BCUT2D eigenvalue weighted by Crippen LogP contribution is -2.28. The third-order valence-electron chi connectivity index (χ3n) is 3.52. The highest BCUT2D eigenvalue weighted by Gasteiger charge is 2.19. The number of hydrogen-bond acceptors (Lipinski definition) is 2. The predicted molar refractivity (Wildman–Crippen MR) is 78.8 cm³/mol. The fraction of sp³-hybridized carbons (Fsp3) is 0.571. The van der Waals surface area contributed by atoms with Gasteiger partial charge in [-0.25, -0.2) is 0 Å². The summed E-state index contributed by atoms with van der Waals surface area (Å²) in [6, 6.07) is 5.96. The number of halogens is 2. The van der Waals surface area contributed by atoms with Crippen molar-refractivity contribution in [2.45, 2.75) is 38.3 Å². The Bertz CT molecular complexity index is 399. The van der Waals surface area contributed by atoms with Crippen LogP contribution in [0.1, 0.15) is 31.2 Å². The monoisotopic (exact) mass is 331 g/mol. The summed E-state index contributed by atoms with van der Waals surface area (Å²) in [4.78, 5) is 0. The van der Waals surface area contributed by atoms with Gasteiger partial charge in [0.1, 0.15) is 0 Å². The molecule has 1 aromatic rings. The van der Waals surface area contributed by atoms with Crippen LogP contribution in [-0.4, -0.2) is 17.8 Å². The van der Waals surface area contributed by atoms with Gasteiger partial charge in [-0.3, -0.25) is 0 Å². The van der Waals surface area contributed by atoms with Crippen molar-refractivity contribution in [3.8, 4) is 0 Å². The third kappa shape index (κ3) is 4.23. The van der Waals surface area contributed by atoms with Gasteiger partial charge >= 0.3 is 0 Å². The molecule has 100 valence electrons. The lowest BCUT2D eigenvalue weighted by atomic mass is 9.87. The maximum Gasteiger partial charge on any atom is 0.0543 e. The minimum absolute atomic E-state index is 0.0955. The summed E-state index contributed by atoms with van der Waals surface area (Å²) < 4.78 is 1.01. The van der Waals surface area contributed by atoms with Gasteiger partial charge in [-0.2, -0.15) is 0 Å². The Morgan fingerprint density at radius 1 is 1.39 bits per heavy atom. The molecule has 1 aliphatic rings. The van der Waals surface area contributed by atoms with Gasteiger partial charge in [0.25, 0.3) is 0 Å². The van der Waals surface area contributed by atoms with Gasteiger partial charge in [0, 0.05) is 16.0 Å². The van der Waals surface area contributed by atoms with E-state index in [0.717, 1.165) is 47.4 Å². The zero-order valence-electron chi connectivity index (χ0n) is 10.3. The number of nitrogens with one attached hydrogen (secondary N) is 1. The predicted octanol–water partition coefficient (Wildman–Crippen LogP) is 3.74. The van der Waals surface area contributed by atoms with E-state index in [9.17, 15) is 5.11 Å². The molecule has 0 aromatic heterocycles. The van der Waals surface area contributed by atoms with Gasteiger partial charge in [0.05, 0.1) is 6.10 Å². The second kappa shape index (κ2) is 6.90. The normalized spacial score (nSPS) is 24.2. The molecule has 0 saturated heterocycles.